The van der Waals surface area contributed by atoms with Gasteiger partial charge in [0.2, 0.25) is 0 Å². The molecule has 2 atom stereocenters. The highest BCUT2D eigenvalue weighted by Crippen LogP contribution is 2.38. The Hall–Kier alpha value is -0.410. The van der Waals surface area contributed by atoms with Crippen molar-refractivity contribution >= 4 is 11.3 Å². The Morgan fingerprint density at radius 2 is 2.17 bits per heavy atom. The summed E-state index contributed by atoms with van der Waals surface area (Å²) in [5, 5.41) is 1.36. The zero-order valence-corrected chi connectivity index (χ0v) is 12.7. The van der Waals surface area contributed by atoms with Gasteiger partial charge in [-0.25, -0.2) is 4.98 Å². The summed E-state index contributed by atoms with van der Waals surface area (Å²) in [5.74, 6) is 2.23. The molecule has 18 heavy (non-hydrogen) atoms. The summed E-state index contributed by atoms with van der Waals surface area (Å²) in [6.45, 7) is 7.53. The summed E-state index contributed by atoms with van der Waals surface area (Å²) in [5.41, 5.74) is 7.14. The van der Waals surface area contributed by atoms with Gasteiger partial charge in [0.05, 0.1) is 10.7 Å². The van der Waals surface area contributed by atoms with Crippen molar-refractivity contribution in [3.8, 4) is 0 Å². The summed E-state index contributed by atoms with van der Waals surface area (Å²) >= 11 is 1.87. The highest BCUT2D eigenvalue weighted by molar-refractivity contribution is 7.11. The van der Waals surface area contributed by atoms with Crippen molar-refractivity contribution in [2.24, 2.45) is 17.6 Å². The molecule has 3 heteroatoms. The van der Waals surface area contributed by atoms with Crippen LogP contribution in [-0.4, -0.2) is 4.98 Å². The van der Waals surface area contributed by atoms with Crippen molar-refractivity contribution in [3.63, 3.8) is 0 Å². The van der Waals surface area contributed by atoms with Gasteiger partial charge in [0.25, 0.3) is 0 Å². The standard InChI is InChI=1S/C15H26N2S/c1-10(2)7-13-14(9-16)18-15(17-13)12-6-4-5-11(3)8-12/h10-12H,4-9,16H2,1-3H3. The van der Waals surface area contributed by atoms with E-state index in [1.807, 2.05) is 11.3 Å². The zero-order valence-electron chi connectivity index (χ0n) is 11.9. The molecule has 2 nitrogen and oxygen atoms in total. The van der Waals surface area contributed by atoms with E-state index in [0.29, 0.717) is 18.4 Å². The molecule has 0 aliphatic heterocycles. The van der Waals surface area contributed by atoms with Gasteiger partial charge in [0.15, 0.2) is 0 Å². The van der Waals surface area contributed by atoms with Gasteiger partial charge < -0.3 is 5.73 Å². The second kappa shape index (κ2) is 6.16. The largest absolute Gasteiger partial charge is 0.326 e. The summed E-state index contributed by atoms with van der Waals surface area (Å²) in [7, 11) is 0. The van der Waals surface area contributed by atoms with Crippen LogP contribution in [0.25, 0.3) is 0 Å². The van der Waals surface area contributed by atoms with Crippen molar-refractivity contribution in [3.05, 3.63) is 15.6 Å². The minimum atomic E-state index is 0.655. The monoisotopic (exact) mass is 266 g/mol. The molecule has 0 spiro atoms. The van der Waals surface area contributed by atoms with E-state index in [1.165, 1.54) is 41.3 Å². The predicted molar refractivity (Wildman–Crippen MR) is 78.9 cm³/mol. The first-order chi connectivity index (χ1) is 8.60. The first kappa shape index (κ1) is 14.0. The fourth-order valence-corrected chi connectivity index (χ4v) is 4.06. The van der Waals surface area contributed by atoms with Crippen LogP contribution >= 0.6 is 11.3 Å². The lowest BCUT2D eigenvalue weighted by molar-refractivity contribution is 0.343. The van der Waals surface area contributed by atoms with Crippen molar-refractivity contribution in [1.29, 1.82) is 0 Å². The lowest BCUT2D eigenvalue weighted by Gasteiger charge is -2.24. The van der Waals surface area contributed by atoms with Crippen LogP contribution < -0.4 is 5.73 Å². The fourth-order valence-electron chi connectivity index (χ4n) is 2.94. The normalized spacial score (nSPS) is 24.7. The first-order valence-corrected chi connectivity index (χ1v) is 8.10. The van der Waals surface area contributed by atoms with Crippen molar-refractivity contribution in [2.45, 2.75) is 65.3 Å². The van der Waals surface area contributed by atoms with E-state index < -0.39 is 0 Å². The molecule has 1 aliphatic carbocycles. The molecule has 1 aliphatic rings. The maximum atomic E-state index is 5.87. The molecule has 0 radical (unpaired) electrons. The predicted octanol–water partition coefficient (Wildman–Crippen LogP) is 4.09. The molecule has 2 N–H and O–H groups in total. The average Bonchev–Trinajstić information content (AvgIpc) is 2.71. The molecule has 0 bridgehead atoms. The van der Waals surface area contributed by atoms with E-state index in [0.717, 1.165) is 12.3 Å². The number of thiazole rings is 1. The molecule has 102 valence electrons. The molecule has 1 saturated carbocycles. The Bertz CT molecular complexity index is 384. The van der Waals surface area contributed by atoms with Crippen molar-refractivity contribution < 1.29 is 0 Å². The third-order valence-corrected chi connectivity index (χ3v) is 5.15. The smallest absolute Gasteiger partial charge is 0.0962 e. The van der Waals surface area contributed by atoms with Gasteiger partial charge in [-0.3, -0.25) is 0 Å². The van der Waals surface area contributed by atoms with E-state index in [1.54, 1.807) is 0 Å². The highest BCUT2D eigenvalue weighted by Gasteiger charge is 2.24. The van der Waals surface area contributed by atoms with E-state index in [9.17, 15) is 0 Å². The minimum absolute atomic E-state index is 0.655. The van der Waals surface area contributed by atoms with Crippen LogP contribution in [0.3, 0.4) is 0 Å². The molecule has 1 heterocycles. The van der Waals surface area contributed by atoms with Crippen LogP contribution in [0.1, 0.15) is 68.0 Å². The van der Waals surface area contributed by atoms with Crippen molar-refractivity contribution in [1.82, 2.24) is 4.98 Å². The summed E-state index contributed by atoms with van der Waals surface area (Å²) in [4.78, 5) is 6.23. The Morgan fingerprint density at radius 1 is 1.39 bits per heavy atom. The van der Waals surface area contributed by atoms with Crippen LogP contribution in [-0.2, 0) is 13.0 Å². The summed E-state index contributed by atoms with van der Waals surface area (Å²) in [6, 6.07) is 0. The van der Waals surface area contributed by atoms with E-state index in [-0.39, 0.29) is 0 Å². The van der Waals surface area contributed by atoms with Gasteiger partial charge in [-0.2, -0.15) is 0 Å². The average molecular weight is 266 g/mol. The second-order valence-electron chi connectivity index (χ2n) is 6.19. The molecule has 0 aromatic carbocycles. The Balaban J connectivity index is 2.15. The Kier molecular flexibility index (Phi) is 4.79. The maximum absolute atomic E-state index is 5.87. The Morgan fingerprint density at radius 3 is 2.78 bits per heavy atom. The second-order valence-corrected chi connectivity index (χ2v) is 7.31. The summed E-state index contributed by atoms with van der Waals surface area (Å²) < 4.78 is 0. The van der Waals surface area contributed by atoms with E-state index >= 15 is 0 Å². The van der Waals surface area contributed by atoms with Gasteiger partial charge >= 0.3 is 0 Å². The molecule has 2 rings (SSSR count). The molecular weight excluding hydrogens is 240 g/mol. The van der Waals surface area contributed by atoms with Gasteiger partial charge in [-0.1, -0.05) is 33.6 Å². The van der Waals surface area contributed by atoms with Crippen LogP contribution in [0.5, 0.6) is 0 Å². The van der Waals surface area contributed by atoms with Gasteiger partial charge in [0, 0.05) is 17.3 Å². The fraction of sp³-hybridized carbons (Fsp3) is 0.800. The number of hydrogen-bond donors (Lipinski definition) is 1. The quantitative estimate of drug-likeness (QED) is 0.891. The number of hydrogen-bond acceptors (Lipinski definition) is 3. The summed E-state index contributed by atoms with van der Waals surface area (Å²) in [6.07, 6.45) is 6.47. The van der Waals surface area contributed by atoms with Crippen LogP contribution in [0, 0.1) is 11.8 Å². The van der Waals surface area contributed by atoms with Crippen LogP contribution in [0.4, 0.5) is 0 Å². The molecular formula is C15H26N2S. The number of nitrogens with zero attached hydrogens (tertiary/aromatic N) is 1. The minimum Gasteiger partial charge on any atom is -0.326 e. The van der Waals surface area contributed by atoms with Crippen molar-refractivity contribution in [2.75, 3.05) is 0 Å². The van der Waals surface area contributed by atoms with Gasteiger partial charge in [-0.05, 0) is 31.1 Å². The number of rotatable bonds is 4. The SMILES string of the molecule is CC(C)Cc1nc(C2CCCC(C)C2)sc1CN. The molecule has 2 unspecified atom stereocenters. The van der Waals surface area contributed by atoms with Gasteiger partial charge in [0.1, 0.15) is 0 Å². The zero-order chi connectivity index (χ0) is 13.1. The molecule has 1 aromatic rings. The lowest BCUT2D eigenvalue weighted by Crippen LogP contribution is -2.11. The number of aromatic nitrogens is 1. The van der Waals surface area contributed by atoms with E-state index in [2.05, 4.69) is 20.8 Å². The van der Waals surface area contributed by atoms with E-state index in [4.69, 9.17) is 10.7 Å². The third-order valence-electron chi connectivity index (χ3n) is 3.87. The first-order valence-electron chi connectivity index (χ1n) is 7.28. The lowest BCUT2D eigenvalue weighted by atomic mass is 9.83. The Labute approximate surface area is 115 Å². The topological polar surface area (TPSA) is 38.9 Å². The maximum Gasteiger partial charge on any atom is 0.0962 e. The molecule has 0 amide bonds. The highest BCUT2D eigenvalue weighted by atomic mass is 32.1. The molecule has 0 saturated heterocycles. The third kappa shape index (κ3) is 3.33. The number of nitrogens with two attached hydrogens (primary N) is 1. The molecule has 1 aromatic heterocycles. The van der Waals surface area contributed by atoms with Crippen LogP contribution in [0.15, 0.2) is 0 Å². The molecule has 1 fully saturated rings. The van der Waals surface area contributed by atoms with Crippen LogP contribution in [0.2, 0.25) is 0 Å². The van der Waals surface area contributed by atoms with Gasteiger partial charge in [-0.15, -0.1) is 11.3 Å².